The van der Waals surface area contributed by atoms with Crippen LogP contribution in [0.2, 0.25) is 0 Å². The number of hydrogen-bond donors (Lipinski definition) is 2. The first kappa shape index (κ1) is 11.8. The molecule has 0 aliphatic heterocycles. The number of nitrogens with zero attached hydrogens (tertiary/aromatic N) is 1. The Hall–Kier alpha value is -1.66. The van der Waals surface area contributed by atoms with Crippen molar-refractivity contribution < 1.29 is 14.4 Å². The molecule has 17 heavy (non-hydrogen) atoms. The van der Waals surface area contributed by atoms with Crippen LogP contribution in [0.15, 0.2) is 28.1 Å². The highest BCUT2D eigenvalue weighted by atomic mass is 32.1. The molecule has 2 aromatic heterocycles. The van der Waals surface area contributed by atoms with E-state index in [2.05, 4.69) is 10.5 Å². The Morgan fingerprint density at radius 3 is 3.12 bits per heavy atom. The zero-order valence-corrected chi connectivity index (χ0v) is 10.0. The fraction of sp³-hybridized carbons (Fsp3) is 0.273. The summed E-state index contributed by atoms with van der Waals surface area (Å²) in [5, 5.41) is 17.8. The number of hydrogen-bond acceptors (Lipinski definition) is 5. The first-order valence-corrected chi connectivity index (χ1v) is 5.98. The van der Waals surface area contributed by atoms with E-state index in [1.54, 1.807) is 13.0 Å². The smallest absolute Gasteiger partial charge is 0.273 e. The summed E-state index contributed by atoms with van der Waals surface area (Å²) in [5.41, 5.74) is 0.223. The average Bonchev–Trinajstić information content (AvgIpc) is 2.95. The minimum Gasteiger partial charge on any atom is -0.386 e. The third kappa shape index (κ3) is 2.92. The van der Waals surface area contributed by atoms with Crippen molar-refractivity contribution >= 4 is 17.2 Å². The normalized spacial score (nSPS) is 12.4. The highest BCUT2D eigenvalue weighted by Gasteiger charge is 2.14. The van der Waals surface area contributed by atoms with Crippen molar-refractivity contribution in [3.05, 3.63) is 39.9 Å². The molecule has 0 spiro atoms. The molecule has 0 saturated carbocycles. The number of carbonyl (C=O) groups is 1. The minimum absolute atomic E-state index is 0.158. The monoisotopic (exact) mass is 252 g/mol. The van der Waals surface area contributed by atoms with Crippen molar-refractivity contribution in [1.29, 1.82) is 0 Å². The second kappa shape index (κ2) is 5.11. The molecule has 90 valence electrons. The van der Waals surface area contributed by atoms with E-state index in [0.29, 0.717) is 5.76 Å². The second-order valence-corrected chi connectivity index (χ2v) is 4.54. The summed E-state index contributed by atoms with van der Waals surface area (Å²) in [6.45, 7) is 1.87. The maximum absolute atomic E-state index is 11.6. The highest BCUT2D eigenvalue weighted by Crippen LogP contribution is 2.17. The molecule has 0 radical (unpaired) electrons. The Bertz CT molecular complexity index is 493. The number of carbonyl (C=O) groups excluding carboxylic acids is 1. The summed E-state index contributed by atoms with van der Waals surface area (Å²) in [6.07, 6.45) is -0.688. The molecule has 0 aromatic carbocycles. The summed E-state index contributed by atoms with van der Waals surface area (Å²) >= 11 is 1.45. The van der Waals surface area contributed by atoms with Gasteiger partial charge in [-0.1, -0.05) is 11.2 Å². The van der Waals surface area contributed by atoms with E-state index in [0.717, 1.165) is 4.88 Å². The summed E-state index contributed by atoms with van der Waals surface area (Å²) in [6, 6.07) is 5.22. The van der Waals surface area contributed by atoms with Crippen molar-refractivity contribution in [3.63, 3.8) is 0 Å². The van der Waals surface area contributed by atoms with Gasteiger partial charge in [-0.25, -0.2) is 0 Å². The lowest BCUT2D eigenvalue weighted by molar-refractivity contribution is 0.0909. The van der Waals surface area contributed by atoms with Gasteiger partial charge in [0.15, 0.2) is 5.69 Å². The zero-order valence-electron chi connectivity index (χ0n) is 9.21. The quantitative estimate of drug-likeness (QED) is 0.864. The topological polar surface area (TPSA) is 75.4 Å². The standard InChI is InChI=1S/C11H12N2O3S/c1-7-5-8(13-16-7)11(15)12-6-9(14)10-3-2-4-17-10/h2-5,9,14H,6H2,1H3,(H,12,15). The molecule has 2 heterocycles. The first-order valence-electron chi connectivity index (χ1n) is 5.10. The number of aliphatic hydroxyl groups excluding tert-OH is 1. The molecule has 0 aliphatic carbocycles. The van der Waals surface area contributed by atoms with Crippen LogP contribution in [-0.2, 0) is 0 Å². The number of aromatic nitrogens is 1. The maximum atomic E-state index is 11.6. The molecular weight excluding hydrogens is 240 g/mol. The van der Waals surface area contributed by atoms with E-state index in [1.807, 2.05) is 17.5 Å². The Labute approximate surface area is 102 Å². The number of amides is 1. The van der Waals surface area contributed by atoms with Gasteiger partial charge >= 0.3 is 0 Å². The number of aliphatic hydroxyl groups is 1. The van der Waals surface area contributed by atoms with Gasteiger partial charge in [-0.3, -0.25) is 4.79 Å². The van der Waals surface area contributed by atoms with Crippen LogP contribution >= 0.6 is 11.3 Å². The molecule has 2 aromatic rings. The molecule has 0 bridgehead atoms. The number of aryl methyl sites for hydroxylation is 1. The fourth-order valence-electron chi connectivity index (χ4n) is 1.33. The third-order valence-electron chi connectivity index (χ3n) is 2.19. The van der Waals surface area contributed by atoms with Gasteiger partial charge in [0.1, 0.15) is 11.9 Å². The predicted octanol–water partition coefficient (Wildman–Crippen LogP) is 1.51. The molecule has 6 heteroatoms. The maximum Gasteiger partial charge on any atom is 0.273 e. The lowest BCUT2D eigenvalue weighted by Gasteiger charge is -2.08. The van der Waals surface area contributed by atoms with Crippen LogP contribution in [0.4, 0.5) is 0 Å². The Morgan fingerprint density at radius 1 is 1.71 bits per heavy atom. The Balaban J connectivity index is 1.88. The van der Waals surface area contributed by atoms with Crippen LogP contribution in [0.25, 0.3) is 0 Å². The fourth-order valence-corrected chi connectivity index (χ4v) is 2.05. The van der Waals surface area contributed by atoms with Crippen molar-refractivity contribution in [3.8, 4) is 0 Å². The molecular formula is C11H12N2O3S. The summed E-state index contributed by atoms with van der Waals surface area (Å²) < 4.78 is 4.79. The van der Waals surface area contributed by atoms with E-state index >= 15 is 0 Å². The zero-order chi connectivity index (χ0) is 12.3. The number of rotatable bonds is 4. The van der Waals surface area contributed by atoms with Crippen LogP contribution in [0.3, 0.4) is 0 Å². The van der Waals surface area contributed by atoms with Gasteiger partial charge in [-0.15, -0.1) is 11.3 Å². The van der Waals surface area contributed by atoms with Crippen LogP contribution in [0, 0.1) is 6.92 Å². The molecule has 2 N–H and O–H groups in total. The van der Waals surface area contributed by atoms with Crippen LogP contribution in [0.5, 0.6) is 0 Å². The molecule has 5 nitrogen and oxygen atoms in total. The minimum atomic E-state index is -0.688. The van der Waals surface area contributed by atoms with E-state index < -0.39 is 6.10 Å². The molecule has 1 atom stereocenters. The third-order valence-corrected chi connectivity index (χ3v) is 3.16. The average molecular weight is 252 g/mol. The van der Waals surface area contributed by atoms with Gasteiger partial charge in [-0.05, 0) is 18.4 Å². The van der Waals surface area contributed by atoms with E-state index in [9.17, 15) is 9.90 Å². The van der Waals surface area contributed by atoms with Gasteiger partial charge in [0.2, 0.25) is 0 Å². The van der Waals surface area contributed by atoms with Gasteiger partial charge in [0.25, 0.3) is 5.91 Å². The van der Waals surface area contributed by atoms with Crippen molar-refractivity contribution in [2.24, 2.45) is 0 Å². The van der Waals surface area contributed by atoms with Crippen molar-refractivity contribution in [1.82, 2.24) is 10.5 Å². The van der Waals surface area contributed by atoms with Gasteiger partial charge in [0.05, 0.1) is 0 Å². The molecule has 1 unspecified atom stereocenters. The lowest BCUT2D eigenvalue weighted by Crippen LogP contribution is -2.28. The number of thiophene rings is 1. The molecule has 0 aliphatic rings. The van der Waals surface area contributed by atoms with E-state index in [4.69, 9.17) is 4.52 Å². The first-order chi connectivity index (χ1) is 8.16. The number of nitrogens with one attached hydrogen (secondary N) is 1. The van der Waals surface area contributed by atoms with Crippen LogP contribution in [-0.4, -0.2) is 22.7 Å². The predicted molar refractivity (Wildman–Crippen MR) is 62.9 cm³/mol. The van der Waals surface area contributed by atoms with Crippen molar-refractivity contribution in [2.45, 2.75) is 13.0 Å². The second-order valence-electron chi connectivity index (χ2n) is 3.56. The molecule has 0 fully saturated rings. The summed E-state index contributed by atoms with van der Waals surface area (Å²) in [5.74, 6) is 0.228. The molecule has 2 rings (SSSR count). The van der Waals surface area contributed by atoms with Gasteiger partial charge < -0.3 is 14.9 Å². The van der Waals surface area contributed by atoms with Crippen molar-refractivity contribution in [2.75, 3.05) is 6.54 Å². The summed E-state index contributed by atoms with van der Waals surface area (Å²) in [7, 11) is 0. The Morgan fingerprint density at radius 2 is 2.53 bits per heavy atom. The van der Waals surface area contributed by atoms with Crippen LogP contribution in [0.1, 0.15) is 27.2 Å². The lowest BCUT2D eigenvalue weighted by atomic mass is 10.3. The SMILES string of the molecule is Cc1cc(C(=O)NCC(O)c2cccs2)no1. The summed E-state index contributed by atoms with van der Waals surface area (Å²) in [4.78, 5) is 12.4. The Kier molecular flexibility index (Phi) is 3.55. The van der Waals surface area contributed by atoms with Gasteiger partial charge in [-0.2, -0.15) is 0 Å². The van der Waals surface area contributed by atoms with E-state index in [-0.39, 0.29) is 18.1 Å². The van der Waals surface area contributed by atoms with Gasteiger partial charge in [0, 0.05) is 17.5 Å². The molecule has 0 saturated heterocycles. The largest absolute Gasteiger partial charge is 0.386 e. The van der Waals surface area contributed by atoms with E-state index in [1.165, 1.54) is 11.3 Å². The molecule has 1 amide bonds. The van der Waals surface area contributed by atoms with Crippen LogP contribution < -0.4 is 5.32 Å². The highest BCUT2D eigenvalue weighted by molar-refractivity contribution is 7.10.